The molecule has 4 nitrogen and oxygen atoms in total. The standard InChI is InChI=1S/C25H21ClN2O2/c1-17-11-13-23(28(17)22-10-6-5-9-20(22)25(27)29)21-15-19(26)12-14-24(21)30-16-18-7-3-2-4-8-18/h2-15H,16H2,1H3,(H2,27,29). The molecule has 0 aliphatic rings. The van der Waals surface area contributed by atoms with Gasteiger partial charge in [0.25, 0.3) is 5.91 Å². The summed E-state index contributed by atoms with van der Waals surface area (Å²) in [4.78, 5) is 12.0. The van der Waals surface area contributed by atoms with Gasteiger partial charge in [-0.15, -0.1) is 0 Å². The minimum absolute atomic E-state index is 0.438. The number of ether oxygens (including phenoxy) is 1. The van der Waals surface area contributed by atoms with E-state index in [0.29, 0.717) is 22.9 Å². The van der Waals surface area contributed by atoms with E-state index in [4.69, 9.17) is 22.1 Å². The lowest BCUT2D eigenvalue weighted by Gasteiger charge is -2.17. The van der Waals surface area contributed by atoms with E-state index in [0.717, 1.165) is 28.2 Å². The summed E-state index contributed by atoms with van der Waals surface area (Å²) >= 11 is 6.33. The predicted octanol–water partition coefficient (Wildman–Crippen LogP) is 5.78. The van der Waals surface area contributed by atoms with E-state index in [9.17, 15) is 4.79 Å². The Morgan fingerprint density at radius 3 is 2.47 bits per heavy atom. The molecule has 4 rings (SSSR count). The third-order valence-electron chi connectivity index (χ3n) is 4.94. The highest BCUT2D eigenvalue weighted by Crippen LogP contribution is 2.36. The van der Waals surface area contributed by atoms with E-state index in [1.807, 2.05) is 84.3 Å². The highest BCUT2D eigenvalue weighted by atomic mass is 35.5. The minimum Gasteiger partial charge on any atom is -0.488 e. The molecule has 2 N–H and O–H groups in total. The van der Waals surface area contributed by atoms with Crippen LogP contribution in [0.3, 0.4) is 0 Å². The van der Waals surface area contributed by atoms with Crippen LogP contribution in [-0.4, -0.2) is 10.5 Å². The summed E-state index contributed by atoms with van der Waals surface area (Å²) in [6.07, 6.45) is 0. The number of benzene rings is 3. The van der Waals surface area contributed by atoms with E-state index >= 15 is 0 Å². The summed E-state index contributed by atoms with van der Waals surface area (Å²) in [6.45, 7) is 2.42. The SMILES string of the molecule is Cc1ccc(-c2cc(Cl)ccc2OCc2ccccc2)n1-c1ccccc1C(N)=O. The Balaban J connectivity index is 1.81. The van der Waals surface area contributed by atoms with Gasteiger partial charge in [-0.1, -0.05) is 54.1 Å². The molecule has 1 heterocycles. The molecule has 0 aliphatic carbocycles. The first kappa shape index (κ1) is 19.8. The highest BCUT2D eigenvalue weighted by molar-refractivity contribution is 6.31. The lowest BCUT2D eigenvalue weighted by molar-refractivity contribution is 0.100. The van der Waals surface area contributed by atoms with Crippen molar-refractivity contribution in [3.05, 3.63) is 107 Å². The molecule has 30 heavy (non-hydrogen) atoms. The molecule has 0 saturated carbocycles. The van der Waals surface area contributed by atoms with Crippen molar-refractivity contribution in [1.82, 2.24) is 4.57 Å². The average Bonchev–Trinajstić information content (AvgIpc) is 3.14. The predicted molar refractivity (Wildman–Crippen MR) is 120 cm³/mol. The van der Waals surface area contributed by atoms with Gasteiger partial charge >= 0.3 is 0 Å². The van der Waals surface area contributed by atoms with Crippen molar-refractivity contribution in [3.63, 3.8) is 0 Å². The van der Waals surface area contributed by atoms with Gasteiger partial charge in [-0.25, -0.2) is 0 Å². The number of primary amides is 1. The van der Waals surface area contributed by atoms with E-state index in [1.54, 1.807) is 12.1 Å². The number of hydrogen-bond acceptors (Lipinski definition) is 2. The van der Waals surface area contributed by atoms with Gasteiger partial charge in [0, 0.05) is 16.3 Å². The Labute approximate surface area is 180 Å². The number of halogens is 1. The molecular weight excluding hydrogens is 396 g/mol. The summed E-state index contributed by atoms with van der Waals surface area (Å²) < 4.78 is 8.15. The lowest BCUT2D eigenvalue weighted by atomic mass is 10.1. The van der Waals surface area contributed by atoms with Crippen molar-refractivity contribution in [2.24, 2.45) is 5.73 Å². The summed E-state index contributed by atoms with van der Waals surface area (Å²) in [5, 5.41) is 0.602. The van der Waals surface area contributed by atoms with Crippen molar-refractivity contribution in [1.29, 1.82) is 0 Å². The van der Waals surface area contributed by atoms with Gasteiger partial charge in [0.2, 0.25) is 0 Å². The molecule has 5 heteroatoms. The maximum atomic E-state index is 12.0. The van der Waals surface area contributed by atoms with Gasteiger partial charge in [0.1, 0.15) is 12.4 Å². The molecule has 0 bridgehead atoms. The number of aromatic nitrogens is 1. The van der Waals surface area contributed by atoms with E-state index in [2.05, 4.69) is 0 Å². The number of para-hydroxylation sites is 1. The Hall–Kier alpha value is -3.50. The first-order valence-corrected chi connectivity index (χ1v) is 9.96. The number of carbonyl (C=O) groups excluding carboxylic acids is 1. The van der Waals surface area contributed by atoms with Crippen LogP contribution in [0.2, 0.25) is 5.02 Å². The fraction of sp³-hybridized carbons (Fsp3) is 0.0800. The molecule has 0 radical (unpaired) electrons. The molecule has 0 aliphatic heterocycles. The van der Waals surface area contributed by atoms with Crippen molar-refractivity contribution < 1.29 is 9.53 Å². The number of aryl methyl sites for hydroxylation is 1. The normalized spacial score (nSPS) is 10.7. The molecule has 3 aromatic carbocycles. The Kier molecular flexibility index (Phi) is 5.59. The Bertz CT molecular complexity index is 1200. The average molecular weight is 417 g/mol. The number of nitrogens with two attached hydrogens (primary N) is 1. The monoisotopic (exact) mass is 416 g/mol. The van der Waals surface area contributed by atoms with E-state index in [1.165, 1.54) is 0 Å². The van der Waals surface area contributed by atoms with Gasteiger partial charge in [-0.2, -0.15) is 0 Å². The smallest absolute Gasteiger partial charge is 0.250 e. The molecule has 150 valence electrons. The molecular formula is C25H21ClN2O2. The van der Waals surface area contributed by atoms with Crippen LogP contribution in [0.1, 0.15) is 21.6 Å². The third kappa shape index (κ3) is 3.95. The van der Waals surface area contributed by atoms with Gasteiger partial charge in [-0.05, 0) is 55.0 Å². The molecule has 4 aromatic rings. The maximum Gasteiger partial charge on any atom is 0.250 e. The summed E-state index contributed by atoms with van der Waals surface area (Å²) in [6, 6.07) is 26.8. The van der Waals surface area contributed by atoms with Crippen LogP contribution in [-0.2, 0) is 6.61 Å². The van der Waals surface area contributed by atoms with Crippen LogP contribution < -0.4 is 10.5 Å². The zero-order valence-electron chi connectivity index (χ0n) is 16.5. The Morgan fingerprint density at radius 2 is 1.70 bits per heavy atom. The van der Waals surface area contributed by atoms with Crippen molar-refractivity contribution in [2.45, 2.75) is 13.5 Å². The van der Waals surface area contributed by atoms with Crippen molar-refractivity contribution in [2.75, 3.05) is 0 Å². The van der Waals surface area contributed by atoms with Crippen molar-refractivity contribution in [3.8, 4) is 22.7 Å². The van der Waals surface area contributed by atoms with Gasteiger partial charge in [-0.3, -0.25) is 4.79 Å². The molecule has 1 amide bonds. The zero-order chi connectivity index (χ0) is 21.1. The number of hydrogen-bond donors (Lipinski definition) is 1. The summed E-state index contributed by atoms with van der Waals surface area (Å²) in [5.41, 5.74) is 10.5. The number of amides is 1. The fourth-order valence-electron chi connectivity index (χ4n) is 3.51. The molecule has 0 unspecified atom stereocenters. The second kappa shape index (κ2) is 8.47. The zero-order valence-corrected chi connectivity index (χ0v) is 17.3. The highest BCUT2D eigenvalue weighted by Gasteiger charge is 2.18. The van der Waals surface area contributed by atoms with E-state index in [-0.39, 0.29) is 0 Å². The van der Waals surface area contributed by atoms with Gasteiger partial charge in [0.05, 0.1) is 16.9 Å². The molecule has 1 aromatic heterocycles. The number of carbonyl (C=O) groups is 1. The second-order valence-corrected chi connectivity index (χ2v) is 7.43. The summed E-state index contributed by atoms with van der Waals surface area (Å²) in [7, 11) is 0. The quantitative estimate of drug-likeness (QED) is 0.433. The maximum absolute atomic E-state index is 12.0. The van der Waals surface area contributed by atoms with Crippen molar-refractivity contribution >= 4 is 17.5 Å². The first-order valence-electron chi connectivity index (χ1n) is 9.59. The van der Waals surface area contributed by atoms with Gasteiger partial charge in [0.15, 0.2) is 0 Å². The third-order valence-corrected chi connectivity index (χ3v) is 5.18. The topological polar surface area (TPSA) is 57.2 Å². The molecule has 0 saturated heterocycles. The van der Waals surface area contributed by atoms with Crippen LogP contribution in [0.25, 0.3) is 16.9 Å². The molecule has 0 fully saturated rings. The second-order valence-electron chi connectivity index (χ2n) is 6.99. The first-order chi connectivity index (χ1) is 14.5. The summed E-state index contributed by atoms with van der Waals surface area (Å²) in [5.74, 6) is 0.232. The van der Waals surface area contributed by atoms with Crippen LogP contribution in [0.4, 0.5) is 0 Å². The van der Waals surface area contributed by atoms with E-state index < -0.39 is 5.91 Å². The largest absolute Gasteiger partial charge is 0.488 e. The van der Waals surface area contributed by atoms with Crippen LogP contribution in [0.5, 0.6) is 5.75 Å². The molecule has 0 spiro atoms. The number of nitrogens with zero attached hydrogens (tertiary/aromatic N) is 1. The minimum atomic E-state index is -0.476. The van der Waals surface area contributed by atoms with Crippen LogP contribution in [0, 0.1) is 6.92 Å². The molecule has 0 atom stereocenters. The van der Waals surface area contributed by atoms with Crippen LogP contribution >= 0.6 is 11.6 Å². The van der Waals surface area contributed by atoms with Crippen LogP contribution in [0.15, 0.2) is 84.9 Å². The lowest BCUT2D eigenvalue weighted by Crippen LogP contribution is -2.15. The fourth-order valence-corrected chi connectivity index (χ4v) is 3.68. The Morgan fingerprint density at radius 1 is 0.967 bits per heavy atom. The van der Waals surface area contributed by atoms with Gasteiger partial charge < -0.3 is 15.0 Å². The number of rotatable bonds is 6.